The first kappa shape index (κ1) is 10.7. The summed E-state index contributed by atoms with van der Waals surface area (Å²) in [5.74, 6) is 0. The number of fused-ring (bicyclic) bond motifs is 2. The Kier molecular flexibility index (Phi) is 2.35. The molecule has 1 nitrogen and oxygen atoms in total. The van der Waals surface area contributed by atoms with E-state index in [4.69, 9.17) is 0 Å². The predicted octanol–water partition coefficient (Wildman–Crippen LogP) is 5.12. The lowest BCUT2D eigenvalue weighted by Gasteiger charge is -2.09. The fourth-order valence-corrected chi connectivity index (χ4v) is 3.17. The largest absolute Gasteiger partial charge is 0.245 e. The summed E-state index contributed by atoms with van der Waals surface area (Å²) in [6.07, 6.45) is 0. The lowest BCUT2D eigenvalue weighted by molar-refractivity contribution is 1.43. The van der Waals surface area contributed by atoms with Crippen LogP contribution in [0.1, 0.15) is 0 Å². The zero-order valence-electron chi connectivity index (χ0n) is 10.2. The number of rotatable bonds is 1. The van der Waals surface area contributed by atoms with Crippen LogP contribution in [0.15, 0.2) is 65.5 Å². The molecule has 0 fully saturated rings. The van der Waals surface area contributed by atoms with E-state index in [1.54, 1.807) is 11.3 Å². The van der Waals surface area contributed by atoms with E-state index in [1.807, 2.05) is 5.51 Å². The molecule has 0 aliphatic rings. The minimum absolute atomic E-state index is 1.07. The molecule has 3 aromatic carbocycles. The highest BCUT2D eigenvalue weighted by atomic mass is 32.1. The van der Waals surface area contributed by atoms with Crippen LogP contribution in [0.2, 0.25) is 0 Å². The van der Waals surface area contributed by atoms with E-state index in [9.17, 15) is 0 Å². The van der Waals surface area contributed by atoms with E-state index in [0.717, 1.165) is 5.69 Å². The lowest BCUT2D eigenvalue weighted by atomic mass is 9.95. The molecule has 19 heavy (non-hydrogen) atoms. The third-order valence-corrected chi connectivity index (χ3v) is 4.05. The first-order chi connectivity index (χ1) is 9.43. The summed E-state index contributed by atoms with van der Waals surface area (Å²) in [4.78, 5) is 4.51. The van der Waals surface area contributed by atoms with Gasteiger partial charge in [-0.3, -0.25) is 0 Å². The fraction of sp³-hybridized carbons (Fsp3) is 0. The number of benzene rings is 3. The van der Waals surface area contributed by atoms with Crippen LogP contribution in [0.5, 0.6) is 0 Å². The van der Waals surface area contributed by atoms with Gasteiger partial charge >= 0.3 is 0 Å². The van der Waals surface area contributed by atoms with Crippen molar-refractivity contribution in [1.29, 1.82) is 0 Å². The van der Waals surface area contributed by atoms with Gasteiger partial charge in [0, 0.05) is 10.9 Å². The van der Waals surface area contributed by atoms with Gasteiger partial charge in [-0.05, 0) is 27.6 Å². The van der Waals surface area contributed by atoms with Gasteiger partial charge in [0.15, 0.2) is 0 Å². The van der Waals surface area contributed by atoms with Crippen LogP contribution in [0, 0.1) is 0 Å². The van der Waals surface area contributed by atoms with Crippen LogP contribution in [-0.2, 0) is 0 Å². The first-order valence-corrected chi connectivity index (χ1v) is 7.17. The molecular weight excluding hydrogens is 250 g/mol. The normalized spacial score (nSPS) is 11.2. The minimum Gasteiger partial charge on any atom is -0.245 e. The third-order valence-electron chi connectivity index (χ3n) is 3.46. The van der Waals surface area contributed by atoms with Crippen molar-refractivity contribution in [3.05, 3.63) is 65.5 Å². The molecule has 0 saturated carbocycles. The first-order valence-electron chi connectivity index (χ1n) is 6.22. The van der Waals surface area contributed by atoms with Crippen molar-refractivity contribution < 1.29 is 0 Å². The molecule has 4 aromatic rings. The van der Waals surface area contributed by atoms with Crippen molar-refractivity contribution in [1.82, 2.24) is 4.98 Å². The molecule has 0 unspecified atom stereocenters. The van der Waals surface area contributed by atoms with E-state index in [2.05, 4.69) is 65.0 Å². The Labute approximate surface area is 115 Å². The Morgan fingerprint density at radius 2 is 1.42 bits per heavy atom. The monoisotopic (exact) mass is 261 g/mol. The quantitative estimate of drug-likeness (QED) is 0.433. The van der Waals surface area contributed by atoms with Crippen molar-refractivity contribution in [3.8, 4) is 11.3 Å². The number of thiazole rings is 1. The maximum absolute atomic E-state index is 4.51. The number of nitrogens with zero attached hydrogens (tertiary/aromatic N) is 1. The van der Waals surface area contributed by atoms with Crippen molar-refractivity contribution in [3.63, 3.8) is 0 Å². The minimum atomic E-state index is 1.07. The van der Waals surface area contributed by atoms with Gasteiger partial charge in [0.05, 0.1) is 11.2 Å². The highest BCUT2D eigenvalue weighted by Crippen LogP contribution is 2.35. The predicted molar refractivity (Wildman–Crippen MR) is 82.6 cm³/mol. The summed E-state index contributed by atoms with van der Waals surface area (Å²) >= 11 is 1.64. The Bertz CT molecular complexity index is 809. The molecular formula is C17H11NS. The van der Waals surface area contributed by atoms with Crippen molar-refractivity contribution in [2.24, 2.45) is 0 Å². The summed E-state index contributed by atoms with van der Waals surface area (Å²) in [6.45, 7) is 0. The fourth-order valence-electron chi connectivity index (χ4n) is 2.63. The lowest BCUT2D eigenvalue weighted by Crippen LogP contribution is -1.85. The zero-order chi connectivity index (χ0) is 12.7. The molecule has 0 N–H and O–H groups in total. The second-order valence-electron chi connectivity index (χ2n) is 4.57. The Morgan fingerprint density at radius 3 is 2.00 bits per heavy atom. The standard InChI is InChI=1S/C17H11NS/c1-3-7-14-12(5-1)9-13-6-2-4-8-15(13)17(14)16-10-19-11-18-16/h1-11H. The van der Waals surface area contributed by atoms with Gasteiger partial charge in [-0.15, -0.1) is 11.3 Å². The maximum atomic E-state index is 4.51. The molecule has 1 aromatic heterocycles. The van der Waals surface area contributed by atoms with Gasteiger partial charge in [-0.2, -0.15) is 0 Å². The number of hydrogen-bond donors (Lipinski definition) is 0. The SMILES string of the molecule is c1ccc2c(-c3cscn3)c3ccccc3cc2c1. The Hall–Kier alpha value is -2.19. The van der Waals surface area contributed by atoms with Crippen LogP contribution in [0.25, 0.3) is 32.8 Å². The molecule has 0 atom stereocenters. The summed E-state index contributed by atoms with van der Waals surface area (Å²) in [6, 6.07) is 19.3. The van der Waals surface area contributed by atoms with Gasteiger partial charge in [0.25, 0.3) is 0 Å². The van der Waals surface area contributed by atoms with Crippen LogP contribution >= 0.6 is 11.3 Å². The Balaban J connectivity index is 2.27. The van der Waals surface area contributed by atoms with Gasteiger partial charge in [-0.1, -0.05) is 48.5 Å². The molecule has 0 saturated heterocycles. The zero-order valence-corrected chi connectivity index (χ0v) is 11.0. The summed E-state index contributed by atoms with van der Waals surface area (Å²) < 4.78 is 0. The van der Waals surface area contributed by atoms with Gasteiger partial charge in [-0.25, -0.2) is 4.98 Å². The van der Waals surface area contributed by atoms with Crippen molar-refractivity contribution in [2.45, 2.75) is 0 Å². The Morgan fingerprint density at radius 1 is 0.789 bits per heavy atom. The summed E-state index contributed by atoms with van der Waals surface area (Å²) in [7, 11) is 0. The number of hydrogen-bond acceptors (Lipinski definition) is 2. The molecule has 0 radical (unpaired) electrons. The van der Waals surface area contributed by atoms with Gasteiger partial charge < -0.3 is 0 Å². The van der Waals surface area contributed by atoms with Crippen LogP contribution < -0.4 is 0 Å². The molecule has 0 spiro atoms. The molecule has 0 amide bonds. The molecule has 0 aliphatic heterocycles. The summed E-state index contributed by atoms with van der Waals surface area (Å²) in [5.41, 5.74) is 4.21. The molecule has 90 valence electrons. The van der Waals surface area contributed by atoms with E-state index in [-0.39, 0.29) is 0 Å². The van der Waals surface area contributed by atoms with Crippen LogP contribution in [-0.4, -0.2) is 4.98 Å². The third kappa shape index (κ3) is 1.65. The van der Waals surface area contributed by atoms with E-state index in [0.29, 0.717) is 0 Å². The van der Waals surface area contributed by atoms with Gasteiger partial charge in [0.1, 0.15) is 0 Å². The second kappa shape index (κ2) is 4.18. The van der Waals surface area contributed by atoms with E-state index < -0.39 is 0 Å². The second-order valence-corrected chi connectivity index (χ2v) is 5.29. The highest BCUT2D eigenvalue weighted by molar-refractivity contribution is 7.07. The average Bonchev–Trinajstić information content (AvgIpc) is 2.98. The molecule has 0 bridgehead atoms. The molecule has 2 heteroatoms. The molecule has 0 aliphatic carbocycles. The maximum Gasteiger partial charge on any atom is 0.0823 e. The van der Waals surface area contributed by atoms with Crippen LogP contribution in [0.3, 0.4) is 0 Å². The van der Waals surface area contributed by atoms with Crippen molar-refractivity contribution in [2.75, 3.05) is 0 Å². The number of aromatic nitrogens is 1. The van der Waals surface area contributed by atoms with Gasteiger partial charge in [0.2, 0.25) is 0 Å². The van der Waals surface area contributed by atoms with Crippen LogP contribution in [0.4, 0.5) is 0 Å². The summed E-state index contributed by atoms with van der Waals surface area (Å²) in [5, 5.41) is 7.20. The van der Waals surface area contributed by atoms with E-state index >= 15 is 0 Å². The molecule has 1 heterocycles. The average molecular weight is 261 g/mol. The highest BCUT2D eigenvalue weighted by Gasteiger charge is 2.10. The van der Waals surface area contributed by atoms with E-state index in [1.165, 1.54) is 27.1 Å². The molecule has 4 rings (SSSR count). The smallest absolute Gasteiger partial charge is 0.0823 e. The topological polar surface area (TPSA) is 12.9 Å². The van der Waals surface area contributed by atoms with Crippen molar-refractivity contribution >= 4 is 32.9 Å².